The Morgan fingerprint density at radius 1 is 1.27 bits per heavy atom. The first-order chi connectivity index (χ1) is 15.8. The predicted molar refractivity (Wildman–Crippen MR) is 125 cm³/mol. The lowest BCUT2D eigenvalue weighted by Crippen LogP contribution is -2.28. The van der Waals surface area contributed by atoms with E-state index in [1.807, 2.05) is 32.0 Å². The molecule has 1 aliphatic carbocycles. The SMILES string of the molecule is CC(C)Oc1ccc(-c2nc(-c3cccc4c3CCC4)no2)cc1C#N.CN(C)C(=O)CN. The predicted octanol–water partition coefficient (Wildman–Crippen LogP) is 3.58. The molecule has 1 aliphatic rings. The van der Waals surface area contributed by atoms with Crippen molar-refractivity contribution in [3.8, 4) is 34.7 Å². The van der Waals surface area contributed by atoms with Crippen LogP contribution in [0.15, 0.2) is 40.9 Å². The molecule has 0 radical (unpaired) electrons. The third kappa shape index (κ3) is 5.76. The molecule has 2 aromatic carbocycles. The Kier molecular flexibility index (Phi) is 7.80. The molecular formula is C25H29N5O3. The normalized spacial score (nSPS) is 11.9. The highest BCUT2D eigenvalue weighted by Gasteiger charge is 2.20. The van der Waals surface area contributed by atoms with Crippen molar-refractivity contribution in [2.45, 2.75) is 39.2 Å². The molecule has 3 aromatic rings. The maximum absolute atomic E-state index is 10.3. The Balaban J connectivity index is 0.000000383. The van der Waals surface area contributed by atoms with Crippen LogP contribution < -0.4 is 10.5 Å². The summed E-state index contributed by atoms with van der Waals surface area (Å²) >= 11 is 0. The second-order valence-electron chi connectivity index (χ2n) is 8.20. The number of hydrogen-bond donors (Lipinski definition) is 1. The van der Waals surface area contributed by atoms with Gasteiger partial charge < -0.3 is 19.9 Å². The Morgan fingerprint density at radius 3 is 2.70 bits per heavy atom. The van der Waals surface area contributed by atoms with Gasteiger partial charge in [-0.05, 0) is 62.4 Å². The molecule has 0 bridgehead atoms. The first-order valence-electron chi connectivity index (χ1n) is 10.9. The van der Waals surface area contributed by atoms with Crippen LogP contribution >= 0.6 is 0 Å². The Bertz CT molecular complexity index is 1160. The van der Waals surface area contributed by atoms with Gasteiger partial charge in [0.1, 0.15) is 11.8 Å². The topological polar surface area (TPSA) is 118 Å². The van der Waals surface area contributed by atoms with Crippen LogP contribution in [-0.2, 0) is 17.6 Å². The Hall–Kier alpha value is -3.70. The van der Waals surface area contributed by atoms with Crippen molar-refractivity contribution in [1.29, 1.82) is 5.26 Å². The lowest BCUT2D eigenvalue weighted by Gasteiger charge is -2.11. The molecule has 1 aromatic heterocycles. The Morgan fingerprint density at radius 2 is 2.06 bits per heavy atom. The molecule has 8 nitrogen and oxygen atoms in total. The van der Waals surface area contributed by atoms with Crippen LogP contribution in [0.5, 0.6) is 5.75 Å². The number of ether oxygens (including phenoxy) is 1. The lowest BCUT2D eigenvalue weighted by molar-refractivity contribution is -0.127. The van der Waals surface area contributed by atoms with Crippen LogP contribution in [-0.4, -0.2) is 47.7 Å². The largest absolute Gasteiger partial charge is 0.490 e. The van der Waals surface area contributed by atoms with Gasteiger partial charge in [-0.3, -0.25) is 4.79 Å². The minimum Gasteiger partial charge on any atom is -0.490 e. The monoisotopic (exact) mass is 447 g/mol. The lowest BCUT2D eigenvalue weighted by atomic mass is 10.0. The molecule has 0 saturated carbocycles. The quantitative estimate of drug-likeness (QED) is 0.635. The number of carbonyl (C=O) groups is 1. The average Bonchev–Trinajstić information content (AvgIpc) is 3.48. The highest BCUT2D eigenvalue weighted by Crippen LogP contribution is 2.32. The van der Waals surface area contributed by atoms with Gasteiger partial charge >= 0.3 is 0 Å². The number of nitrogens with two attached hydrogens (primary N) is 1. The summed E-state index contributed by atoms with van der Waals surface area (Å²) < 4.78 is 11.1. The maximum Gasteiger partial charge on any atom is 0.258 e. The van der Waals surface area contributed by atoms with E-state index in [9.17, 15) is 10.1 Å². The number of fused-ring (bicyclic) bond motifs is 1. The van der Waals surface area contributed by atoms with Crippen LogP contribution in [0.2, 0.25) is 0 Å². The van der Waals surface area contributed by atoms with E-state index >= 15 is 0 Å². The van der Waals surface area contributed by atoms with Gasteiger partial charge in [-0.2, -0.15) is 10.2 Å². The minimum absolute atomic E-state index is 0.00290. The fraction of sp³-hybridized carbons (Fsp3) is 0.360. The number of aromatic nitrogens is 2. The van der Waals surface area contributed by atoms with Crippen molar-refractivity contribution in [3.63, 3.8) is 0 Å². The molecule has 2 N–H and O–H groups in total. The fourth-order valence-corrected chi connectivity index (χ4v) is 3.57. The molecule has 0 aliphatic heterocycles. The minimum atomic E-state index is -0.0417. The number of nitrogens with zero attached hydrogens (tertiary/aromatic N) is 4. The highest BCUT2D eigenvalue weighted by atomic mass is 16.5. The summed E-state index contributed by atoms with van der Waals surface area (Å²) in [6, 6.07) is 13.8. The van der Waals surface area contributed by atoms with Gasteiger partial charge in [0.05, 0.1) is 18.2 Å². The zero-order valence-electron chi connectivity index (χ0n) is 19.5. The van der Waals surface area contributed by atoms with Gasteiger partial charge in [0.25, 0.3) is 5.89 Å². The standard InChI is InChI=1S/C21H19N3O2.C4H10N2O/c1-13(2)25-19-10-9-15(11-16(19)12-22)21-23-20(24-26-21)18-8-4-6-14-5-3-7-17(14)18;1-6(2)4(7)3-5/h4,6,8-11,13H,3,5,7H2,1-2H3;3,5H2,1-2H3. The summed E-state index contributed by atoms with van der Waals surface area (Å²) in [5, 5.41) is 13.6. The zero-order chi connectivity index (χ0) is 24.0. The number of benzene rings is 2. The van der Waals surface area contributed by atoms with E-state index < -0.39 is 0 Å². The molecule has 1 heterocycles. The van der Waals surface area contributed by atoms with E-state index in [1.165, 1.54) is 22.4 Å². The third-order valence-electron chi connectivity index (χ3n) is 5.20. The molecule has 4 rings (SSSR count). The van der Waals surface area contributed by atoms with E-state index in [4.69, 9.17) is 15.0 Å². The van der Waals surface area contributed by atoms with Gasteiger partial charge in [0, 0.05) is 25.2 Å². The summed E-state index contributed by atoms with van der Waals surface area (Å²) in [7, 11) is 3.35. The first kappa shape index (κ1) is 24.0. The molecule has 0 saturated heterocycles. The van der Waals surface area contributed by atoms with E-state index in [0.29, 0.717) is 28.6 Å². The van der Waals surface area contributed by atoms with Gasteiger partial charge in [-0.15, -0.1) is 0 Å². The van der Waals surface area contributed by atoms with Crippen LogP contribution in [0.4, 0.5) is 0 Å². The molecule has 1 amide bonds. The number of aryl methyl sites for hydroxylation is 1. The molecule has 172 valence electrons. The highest BCUT2D eigenvalue weighted by molar-refractivity contribution is 5.77. The molecule has 0 spiro atoms. The molecule has 0 fully saturated rings. The van der Waals surface area contributed by atoms with Crippen molar-refractivity contribution in [2.75, 3.05) is 20.6 Å². The van der Waals surface area contributed by atoms with Gasteiger partial charge in [0.2, 0.25) is 11.7 Å². The number of likely N-dealkylation sites (N-methyl/N-ethyl adjacent to an activating group) is 1. The van der Waals surface area contributed by atoms with Gasteiger partial charge in [-0.1, -0.05) is 23.4 Å². The van der Waals surface area contributed by atoms with E-state index in [2.05, 4.69) is 22.3 Å². The third-order valence-corrected chi connectivity index (χ3v) is 5.20. The summed E-state index contributed by atoms with van der Waals surface area (Å²) in [5.41, 5.74) is 9.88. The Labute approximate surface area is 194 Å². The number of carbonyl (C=O) groups excluding carboxylic acids is 1. The first-order valence-corrected chi connectivity index (χ1v) is 10.9. The van der Waals surface area contributed by atoms with Crippen molar-refractivity contribution in [2.24, 2.45) is 5.73 Å². The van der Waals surface area contributed by atoms with E-state index in [0.717, 1.165) is 18.4 Å². The number of amides is 1. The van der Waals surface area contributed by atoms with Crippen molar-refractivity contribution in [3.05, 3.63) is 53.1 Å². The molecule has 0 unspecified atom stereocenters. The zero-order valence-corrected chi connectivity index (χ0v) is 19.5. The van der Waals surface area contributed by atoms with Crippen LogP contribution in [0, 0.1) is 11.3 Å². The summed E-state index contributed by atoms with van der Waals surface area (Å²) in [6.45, 7) is 3.96. The molecular weight excluding hydrogens is 418 g/mol. The fourth-order valence-electron chi connectivity index (χ4n) is 3.57. The summed E-state index contributed by atoms with van der Waals surface area (Å²) in [5.74, 6) is 1.52. The van der Waals surface area contributed by atoms with Crippen LogP contribution in [0.3, 0.4) is 0 Å². The van der Waals surface area contributed by atoms with E-state index in [1.54, 1.807) is 26.2 Å². The summed E-state index contributed by atoms with van der Waals surface area (Å²) in [6.07, 6.45) is 3.33. The molecule has 0 atom stereocenters. The maximum atomic E-state index is 10.3. The van der Waals surface area contributed by atoms with Crippen molar-refractivity contribution >= 4 is 5.91 Å². The number of hydrogen-bond acceptors (Lipinski definition) is 7. The number of rotatable bonds is 5. The second kappa shape index (κ2) is 10.7. The summed E-state index contributed by atoms with van der Waals surface area (Å²) in [4.78, 5) is 16.3. The number of nitriles is 1. The van der Waals surface area contributed by atoms with Crippen LogP contribution in [0.1, 0.15) is 37.0 Å². The van der Waals surface area contributed by atoms with Crippen LogP contribution in [0.25, 0.3) is 22.8 Å². The molecule has 33 heavy (non-hydrogen) atoms. The van der Waals surface area contributed by atoms with Crippen molar-refractivity contribution < 1.29 is 14.1 Å². The van der Waals surface area contributed by atoms with Crippen molar-refractivity contribution in [1.82, 2.24) is 15.0 Å². The smallest absolute Gasteiger partial charge is 0.258 e. The second-order valence-corrected chi connectivity index (χ2v) is 8.20. The van der Waals surface area contributed by atoms with Gasteiger partial charge in [0.15, 0.2) is 0 Å². The average molecular weight is 448 g/mol. The van der Waals surface area contributed by atoms with E-state index in [-0.39, 0.29) is 18.6 Å². The molecule has 8 heteroatoms. The van der Waals surface area contributed by atoms with Gasteiger partial charge in [-0.25, -0.2) is 0 Å².